The first-order valence-corrected chi connectivity index (χ1v) is 7.82. The number of fused-ring (bicyclic) bond motifs is 3. The average molecular weight is 306 g/mol. The van der Waals surface area contributed by atoms with Crippen LogP contribution in [0.25, 0.3) is 10.8 Å². The molecule has 0 radical (unpaired) electrons. The molecule has 0 aliphatic carbocycles. The Labute approximate surface area is 129 Å². The lowest BCUT2D eigenvalue weighted by Crippen LogP contribution is -2.29. The van der Waals surface area contributed by atoms with Crippen LogP contribution in [-0.2, 0) is 6.61 Å². The number of halogens is 1. The summed E-state index contributed by atoms with van der Waals surface area (Å²) in [5.41, 5.74) is 3.05. The van der Waals surface area contributed by atoms with Gasteiger partial charge in [0.15, 0.2) is 0 Å². The number of benzene rings is 2. The van der Waals surface area contributed by atoms with E-state index in [1.807, 2.05) is 24.3 Å². The van der Waals surface area contributed by atoms with Crippen LogP contribution in [0.1, 0.15) is 30.9 Å². The van der Waals surface area contributed by atoms with E-state index in [1.165, 1.54) is 0 Å². The van der Waals surface area contributed by atoms with Crippen molar-refractivity contribution in [3.8, 4) is 5.75 Å². The number of anilines is 1. The number of aliphatic hydroxyl groups is 1. The van der Waals surface area contributed by atoms with Crippen LogP contribution in [0.15, 0.2) is 24.3 Å². The molecule has 112 valence electrons. The number of hydrogen-bond donors (Lipinski definition) is 2. The number of hydrogen-bond acceptors (Lipinski definition) is 3. The standard InChI is InChI=1S/C17H20ClNO2/c1-10(2)19-8-12(7-18)17-14(19)6-15(21)13-5-3-4-11(9-20)16(13)17/h3-6,10,12,20-21H,7-9H2,1-2H3. The summed E-state index contributed by atoms with van der Waals surface area (Å²) >= 11 is 6.19. The largest absolute Gasteiger partial charge is 0.507 e. The van der Waals surface area contributed by atoms with Crippen LogP contribution < -0.4 is 4.90 Å². The van der Waals surface area contributed by atoms with Crippen molar-refractivity contribution in [2.24, 2.45) is 0 Å². The summed E-state index contributed by atoms with van der Waals surface area (Å²) in [5, 5.41) is 21.8. The molecule has 0 saturated carbocycles. The Kier molecular flexibility index (Phi) is 3.72. The van der Waals surface area contributed by atoms with Crippen LogP contribution in [0.4, 0.5) is 5.69 Å². The van der Waals surface area contributed by atoms with Crippen molar-refractivity contribution >= 4 is 28.1 Å². The molecular weight excluding hydrogens is 286 g/mol. The number of phenols is 1. The van der Waals surface area contributed by atoms with Gasteiger partial charge in [-0.2, -0.15) is 0 Å². The van der Waals surface area contributed by atoms with Crippen LogP contribution in [0.2, 0.25) is 0 Å². The number of rotatable bonds is 3. The zero-order valence-electron chi connectivity index (χ0n) is 12.3. The first-order chi connectivity index (χ1) is 10.1. The van der Waals surface area contributed by atoms with Gasteiger partial charge >= 0.3 is 0 Å². The van der Waals surface area contributed by atoms with Gasteiger partial charge in [-0.25, -0.2) is 0 Å². The molecule has 1 aliphatic rings. The van der Waals surface area contributed by atoms with Gasteiger partial charge in [-0.1, -0.05) is 18.2 Å². The van der Waals surface area contributed by atoms with Gasteiger partial charge in [-0.15, -0.1) is 11.6 Å². The van der Waals surface area contributed by atoms with Crippen LogP contribution in [0.5, 0.6) is 5.75 Å². The van der Waals surface area contributed by atoms with Gasteiger partial charge in [-0.3, -0.25) is 0 Å². The summed E-state index contributed by atoms with van der Waals surface area (Å²) in [5.74, 6) is 1.02. The molecule has 0 bridgehead atoms. The maximum atomic E-state index is 10.4. The zero-order chi connectivity index (χ0) is 15.1. The highest BCUT2D eigenvalue weighted by Gasteiger charge is 2.32. The van der Waals surface area contributed by atoms with Gasteiger partial charge in [-0.05, 0) is 30.4 Å². The minimum Gasteiger partial charge on any atom is -0.507 e. The van der Waals surface area contributed by atoms with Gasteiger partial charge in [0.25, 0.3) is 0 Å². The van der Waals surface area contributed by atoms with E-state index in [1.54, 1.807) is 0 Å². The molecular formula is C17H20ClNO2. The van der Waals surface area contributed by atoms with Crippen LogP contribution in [-0.4, -0.2) is 28.7 Å². The van der Waals surface area contributed by atoms with E-state index in [9.17, 15) is 10.2 Å². The highest BCUT2D eigenvalue weighted by Crippen LogP contribution is 2.46. The summed E-state index contributed by atoms with van der Waals surface area (Å²) < 4.78 is 0. The predicted molar refractivity (Wildman–Crippen MR) is 87.5 cm³/mol. The minimum atomic E-state index is -0.0378. The molecule has 2 N–H and O–H groups in total. The Morgan fingerprint density at radius 3 is 2.76 bits per heavy atom. The van der Waals surface area contributed by atoms with Crippen molar-refractivity contribution in [2.75, 3.05) is 17.3 Å². The third-order valence-electron chi connectivity index (χ3n) is 4.36. The van der Waals surface area contributed by atoms with Crippen LogP contribution in [0.3, 0.4) is 0 Å². The van der Waals surface area contributed by atoms with Gasteiger partial charge in [0.2, 0.25) is 0 Å². The quantitative estimate of drug-likeness (QED) is 0.852. The Balaban J connectivity index is 2.38. The summed E-state index contributed by atoms with van der Waals surface area (Å²) in [6.45, 7) is 5.10. The average Bonchev–Trinajstić information content (AvgIpc) is 2.85. The van der Waals surface area contributed by atoms with Crippen molar-refractivity contribution in [3.63, 3.8) is 0 Å². The fraction of sp³-hybridized carbons (Fsp3) is 0.412. The molecule has 1 atom stereocenters. The molecule has 1 unspecified atom stereocenters. The predicted octanol–water partition coefficient (Wildman–Crippen LogP) is 3.59. The molecule has 0 saturated heterocycles. The SMILES string of the molecule is CC(C)N1CC(CCl)c2c1cc(O)c1cccc(CO)c21. The topological polar surface area (TPSA) is 43.7 Å². The lowest BCUT2D eigenvalue weighted by molar-refractivity contribution is 0.283. The highest BCUT2D eigenvalue weighted by molar-refractivity contribution is 6.19. The van der Waals surface area contributed by atoms with Crippen molar-refractivity contribution in [1.82, 2.24) is 0 Å². The van der Waals surface area contributed by atoms with Crippen LogP contribution in [0, 0.1) is 0 Å². The molecule has 3 rings (SSSR count). The molecule has 4 heteroatoms. The first kappa shape index (κ1) is 14.5. The molecule has 0 amide bonds. The molecule has 0 fully saturated rings. The van der Waals surface area contributed by atoms with Crippen molar-refractivity contribution in [1.29, 1.82) is 0 Å². The zero-order valence-corrected chi connectivity index (χ0v) is 13.1. The summed E-state index contributed by atoms with van der Waals surface area (Å²) in [6.07, 6.45) is 0. The van der Waals surface area contributed by atoms with Crippen LogP contribution >= 0.6 is 11.6 Å². The number of aromatic hydroxyl groups is 1. The molecule has 2 aromatic carbocycles. The molecule has 21 heavy (non-hydrogen) atoms. The van der Waals surface area contributed by atoms with Gasteiger partial charge in [0, 0.05) is 41.5 Å². The summed E-state index contributed by atoms with van der Waals surface area (Å²) in [7, 11) is 0. The van der Waals surface area contributed by atoms with E-state index >= 15 is 0 Å². The van der Waals surface area contributed by atoms with E-state index in [0.717, 1.165) is 34.1 Å². The minimum absolute atomic E-state index is 0.0378. The Hall–Kier alpha value is -1.45. The van der Waals surface area contributed by atoms with Crippen molar-refractivity contribution < 1.29 is 10.2 Å². The van der Waals surface area contributed by atoms with Gasteiger partial charge in [0.05, 0.1) is 6.61 Å². The highest BCUT2D eigenvalue weighted by atomic mass is 35.5. The van der Waals surface area contributed by atoms with Crippen molar-refractivity contribution in [2.45, 2.75) is 32.4 Å². The number of aliphatic hydroxyl groups excluding tert-OH is 1. The fourth-order valence-corrected chi connectivity index (χ4v) is 3.62. The second-order valence-electron chi connectivity index (χ2n) is 5.92. The summed E-state index contributed by atoms with van der Waals surface area (Å²) in [4.78, 5) is 2.27. The van der Waals surface area contributed by atoms with Gasteiger partial charge in [0.1, 0.15) is 5.75 Å². The normalized spacial score (nSPS) is 17.8. The monoisotopic (exact) mass is 305 g/mol. The van der Waals surface area contributed by atoms with E-state index in [0.29, 0.717) is 11.9 Å². The first-order valence-electron chi connectivity index (χ1n) is 7.29. The second kappa shape index (κ2) is 5.39. The Morgan fingerprint density at radius 2 is 2.14 bits per heavy atom. The lowest BCUT2D eigenvalue weighted by Gasteiger charge is -2.24. The maximum absolute atomic E-state index is 10.4. The molecule has 1 aliphatic heterocycles. The molecule has 0 aromatic heterocycles. The maximum Gasteiger partial charge on any atom is 0.125 e. The van der Waals surface area contributed by atoms with Gasteiger partial charge < -0.3 is 15.1 Å². The Bertz CT molecular complexity index is 684. The smallest absolute Gasteiger partial charge is 0.125 e. The fourth-order valence-electron chi connectivity index (χ4n) is 3.37. The second-order valence-corrected chi connectivity index (χ2v) is 6.23. The van der Waals surface area contributed by atoms with Crippen molar-refractivity contribution in [3.05, 3.63) is 35.4 Å². The third kappa shape index (κ3) is 2.16. The third-order valence-corrected chi connectivity index (χ3v) is 4.73. The number of phenolic OH excluding ortho intramolecular Hbond substituents is 1. The molecule has 1 heterocycles. The number of alkyl halides is 1. The summed E-state index contributed by atoms with van der Waals surface area (Å²) in [6, 6.07) is 7.85. The van der Waals surface area contributed by atoms with E-state index in [4.69, 9.17) is 11.6 Å². The lowest BCUT2D eigenvalue weighted by atomic mass is 9.92. The molecule has 2 aromatic rings. The number of nitrogens with zero attached hydrogens (tertiary/aromatic N) is 1. The Morgan fingerprint density at radius 1 is 1.38 bits per heavy atom. The molecule has 0 spiro atoms. The van der Waals surface area contributed by atoms with E-state index in [-0.39, 0.29) is 18.3 Å². The van der Waals surface area contributed by atoms with E-state index < -0.39 is 0 Å². The molecule has 3 nitrogen and oxygen atoms in total. The van der Waals surface area contributed by atoms with E-state index in [2.05, 4.69) is 18.7 Å².